The summed E-state index contributed by atoms with van der Waals surface area (Å²) in [6, 6.07) is 9.05. The standard InChI is InChI=1S/C38H32Br4N4Si2/c1-47(2,3)25-17-27(39)35(28(40)18-25)37-31-11-7-21(43-31)15-23-9-13-33(45-23)38(36-29(41)19-26(20-30(36)42)48(4,5)6)34-14-10-24(46-34)16-22-8-12-32(37)44-22/h7-20H,1-6H3. The monoisotopic (exact) mass is 916 g/mol. The van der Waals surface area contributed by atoms with Crippen LogP contribution in [-0.2, 0) is 0 Å². The van der Waals surface area contributed by atoms with Crippen LogP contribution in [-0.4, -0.2) is 39.0 Å². The summed E-state index contributed by atoms with van der Waals surface area (Å²) in [4.78, 5) is 20.5. The van der Waals surface area contributed by atoms with E-state index in [1.807, 2.05) is 36.5 Å². The zero-order valence-corrected chi connectivity index (χ0v) is 35.7. The average molecular weight is 920 g/mol. The zero-order chi connectivity index (χ0) is 34.1. The van der Waals surface area contributed by atoms with Gasteiger partial charge in [-0.15, -0.1) is 0 Å². The Morgan fingerprint density at radius 1 is 0.438 bits per heavy atom. The molecule has 8 bridgehead atoms. The number of fused-ring (bicyclic) bond motifs is 4. The highest BCUT2D eigenvalue weighted by Gasteiger charge is 2.28. The van der Waals surface area contributed by atoms with E-state index < -0.39 is 16.1 Å². The third kappa shape index (κ3) is 6.52. The van der Waals surface area contributed by atoms with E-state index in [1.165, 1.54) is 10.4 Å². The number of aliphatic imine (C=N–C) groups is 4. The van der Waals surface area contributed by atoms with Gasteiger partial charge in [0.15, 0.2) is 0 Å². The van der Waals surface area contributed by atoms with E-state index in [9.17, 15) is 0 Å². The van der Waals surface area contributed by atoms with Gasteiger partial charge in [-0.25, -0.2) is 20.0 Å². The molecule has 48 heavy (non-hydrogen) atoms. The largest absolute Gasteiger partial charge is 0.248 e. The van der Waals surface area contributed by atoms with Gasteiger partial charge in [0.25, 0.3) is 0 Å². The number of hydrogen-bond acceptors (Lipinski definition) is 4. The third-order valence-electron chi connectivity index (χ3n) is 8.58. The van der Waals surface area contributed by atoms with Crippen LogP contribution >= 0.6 is 63.7 Å². The second-order valence-corrected chi connectivity index (χ2v) is 27.8. The van der Waals surface area contributed by atoms with Gasteiger partial charge < -0.3 is 0 Å². The fraction of sp³-hybridized carbons (Fsp3) is 0.158. The lowest BCUT2D eigenvalue weighted by atomic mass is 9.99. The highest BCUT2D eigenvalue weighted by molar-refractivity contribution is 9.11. The minimum atomic E-state index is -1.55. The van der Waals surface area contributed by atoms with Gasteiger partial charge in [-0.2, -0.15) is 0 Å². The quantitative estimate of drug-likeness (QED) is 0.275. The zero-order valence-electron chi connectivity index (χ0n) is 27.4. The van der Waals surface area contributed by atoms with Gasteiger partial charge in [0.1, 0.15) is 0 Å². The summed E-state index contributed by atoms with van der Waals surface area (Å²) in [5.74, 6) is 0. The predicted octanol–water partition coefficient (Wildman–Crippen LogP) is 10.8. The molecule has 0 saturated carbocycles. The second kappa shape index (κ2) is 12.6. The first kappa shape index (κ1) is 33.9. The average Bonchev–Trinajstić information content (AvgIpc) is 3.81. The fourth-order valence-corrected chi connectivity index (χ4v) is 12.3. The lowest BCUT2D eigenvalue weighted by molar-refractivity contribution is 1.40. The van der Waals surface area contributed by atoms with E-state index in [2.05, 4.69) is 152 Å². The van der Waals surface area contributed by atoms with Crippen molar-refractivity contribution < 1.29 is 0 Å². The van der Waals surface area contributed by atoms with Gasteiger partial charge in [0.05, 0.1) is 61.8 Å². The summed E-state index contributed by atoms with van der Waals surface area (Å²) in [5, 5.41) is 2.73. The molecule has 0 amide bonds. The van der Waals surface area contributed by atoms with Gasteiger partial charge in [-0.1, -0.05) is 113 Å². The first-order valence-electron chi connectivity index (χ1n) is 15.7. The van der Waals surface area contributed by atoms with Crippen molar-refractivity contribution >= 4 is 124 Å². The molecule has 5 aliphatic rings. The molecule has 0 aliphatic carbocycles. The van der Waals surface area contributed by atoms with Gasteiger partial charge >= 0.3 is 0 Å². The molecule has 240 valence electrons. The van der Waals surface area contributed by atoms with Crippen molar-refractivity contribution in [3.05, 3.63) is 137 Å². The summed E-state index contributed by atoms with van der Waals surface area (Å²) in [6.45, 7) is 14.1. The molecule has 0 unspecified atom stereocenters. The number of nitrogens with zero attached hydrogens (tertiary/aromatic N) is 4. The van der Waals surface area contributed by atoms with Crippen LogP contribution in [0, 0.1) is 0 Å². The SMILES string of the molecule is C[Si](C)(C)c1cc(Br)c(C2=C3C=CC(=N3)C=C3C=CC(=N3)C(c3c(Br)cc([Si](C)(C)C)cc3Br)=C3C=CC(=N3)C=C3C=CC2=N3)c(Br)c1. The van der Waals surface area contributed by atoms with E-state index in [1.54, 1.807) is 0 Å². The van der Waals surface area contributed by atoms with Gasteiger partial charge in [-0.3, -0.25) is 0 Å². The number of allylic oxidation sites excluding steroid dienone is 12. The summed E-state index contributed by atoms with van der Waals surface area (Å²) >= 11 is 15.7. The van der Waals surface area contributed by atoms with Crippen LogP contribution in [0.25, 0.3) is 11.1 Å². The predicted molar refractivity (Wildman–Crippen MR) is 226 cm³/mol. The number of halogens is 4. The summed E-state index contributed by atoms with van der Waals surface area (Å²) in [6.07, 6.45) is 20.6. The van der Waals surface area contributed by atoms with Crippen LogP contribution in [0.2, 0.25) is 39.3 Å². The van der Waals surface area contributed by atoms with Crippen LogP contribution < -0.4 is 10.4 Å². The lowest BCUT2D eigenvalue weighted by Gasteiger charge is -2.21. The first-order chi connectivity index (χ1) is 22.7. The molecule has 2 aromatic carbocycles. The van der Waals surface area contributed by atoms with E-state index in [-0.39, 0.29) is 0 Å². The Morgan fingerprint density at radius 3 is 1.12 bits per heavy atom. The molecule has 4 nitrogen and oxygen atoms in total. The Balaban J connectivity index is 1.43. The molecule has 0 aromatic heterocycles. The van der Waals surface area contributed by atoms with Crippen LogP contribution in [0.5, 0.6) is 0 Å². The Hall–Kier alpha value is -2.61. The summed E-state index contributed by atoms with van der Waals surface area (Å²) in [5.41, 5.74) is 10.7. The van der Waals surface area contributed by atoms with Crippen LogP contribution in [0.15, 0.2) is 146 Å². The molecular weight excluding hydrogens is 888 g/mol. The Kier molecular flexibility index (Phi) is 8.90. The van der Waals surface area contributed by atoms with Crippen molar-refractivity contribution in [3.63, 3.8) is 0 Å². The van der Waals surface area contributed by atoms with E-state index >= 15 is 0 Å². The van der Waals surface area contributed by atoms with Crippen molar-refractivity contribution in [2.45, 2.75) is 39.3 Å². The molecule has 0 radical (unpaired) electrons. The second-order valence-electron chi connectivity index (χ2n) is 14.2. The number of hydrogen-bond donors (Lipinski definition) is 0. The third-order valence-corrected chi connectivity index (χ3v) is 15.1. The van der Waals surface area contributed by atoms with E-state index in [4.69, 9.17) is 20.0 Å². The Morgan fingerprint density at radius 2 is 0.792 bits per heavy atom. The molecule has 7 rings (SSSR count). The molecule has 0 fully saturated rings. The molecule has 0 atom stereocenters. The molecule has 0 saturated heterocycles. The van der Waals surface area contributed by atoms with Gasteiger partial charge in [-0.05, 0) is 85.0 Å². The molecule has 0 N–H and O–H groups in total. The smallest absolute Gasteiger partial charge is 0.0776 e. The van der Waals surface area contributed by atoms with Crippen molar-refractivity contribution in [1.82, 2.24) is 0 Å². The summed E-state index contributed by atoms with van der Waals surface area (Å²) in [7, 11) is -3.10. The maximum absolute atomic E-state index is 5.12. The van der Waals surface area contributed by atoms with Gasteiger partial charge in [0.2, 0.25) is 0 Å². The normalized spacial score (nSPS) is 18.5. The van der Waals surface area contributed by atoms with Crippen molar-refractivity contribution in [1.29, 1.82) is 0 Å². The Bertz CT molecular complexity index is 2020. The fourth-order valence-electron chi connectivity index (χ4n) is 5.96. The maximum Gasteiger partial charge on any atom is 0.0776 e. The maximum atomic E-state index is 5.12. The van der Waals surface area contributed by atoms with Crippen LogP contribution in [0.1, 0.15) is 11.1 Å². The molecular formula is C38H32Br4N4Si2. The van der Waals surface area contributed by atoms with Crippen LogP contribution in [0.4, 0.5) is 0 Å². The molecule has 2 aromatic rings. The summed E-state index contributed by atoms with van der Waals surface area (Å²) < 4.78 is 4.07. The molecule has 5 aliphatic heterocycles. The minimum Gasteiger partial charge on any atom is -0.248 e. The highest BCUT2D eigenvalue weighted by atomic mass is 79.9. The van der Waals surface area contributed by atoms with Gasteiger partial charge in [0, 0.05) is 40.2 Å². The number of benzene rings is 2. The van der Waals surface area contributed by atoms with Crippen LogP contribution in [0.3, 0.4) is 0 Å². The lowest BCUT2D eigenvalue weighted by Crippen LogP contribution is -2.37. The molecule has 5 heterocycles. The minimum absolute atomic E-state index is 0.834. The Labute approximate surface area is 317 Å². The van der Waals surface area contributed by atoms with Crippen molar-refractivity contribution in [2.75, 3.05) is 0 Å². The van der Waals surface area contributed by atoms with Crippen molar-refractivity contribution in [3.8, 4) is 0 Å². The topological polar surface area (TPSA) is 49.4 Å². The van der Waals surface area contributed by atoms with Crippen molar-refractivity contribution in [2.24, 2.45) is 20.0 Å². The van der Waals surface area contributed by atoms with E-state index in [0.29, 0.717) is 0 Å². The molecule has 0 spiro atoms. The number of rotatable bonds is 4. The highest BCUT2D eigenvalue weighted by Crippen LogP contribution is 2.40. The first-order valence-corrected chi connectivity index (χ1v) is 25.8. The molecule has 10 heteroatoms. The van der Waals surface area contributed by atoms with E-state index in [0.717, 1.165) is 85.8 Å².